The average molecular weight is 294 g/mol. The molecule has 4 aliphatic rings. The predicted molar refractivity (Wildman–Crippen MR) is 92.1 cm³/mol. The van der Waals surface area contributed by atoms with E-state index in [0.717, 1.165) is 6.54 Å². The Hall–Kier alpha value is -1.70. The van der Waals surface area contributed by atoms with Crippen molar-refractivity contribution in [3.8, 4) is 0 Å². The molecule has 2 aliphatic heterocycles. The zero-order chi connectivity index (χ0) is 15.4. The molecule has 4 rings (SSSR count). The van der Waals surface area contributed by atoms with Crippen LogP contribution in [0.3, 0.4) is 0 Å². The standard InChI is InChI=1S/C20H26N2/c1-11(2)13(4)20-17-9-14-10-21-18-7-5-6-15(19(14)18)16(17)8-12(3)22-20/h7-8,11,17,20-22H,4-6,9-10H2,1-3H3. The summed E-state index contributed by atoms with van der Waals surface area (Å²) in [4.78, 5) is 0. The van der Waals surface area contributed by atoms with E-state index in [0.29, 0.717) is 17.9 Å². The molecular formula is C20H26N2. The Balaban J connectivity index is 1.83. The highest BCUT2D eigenvalue weighted by atomic mass is 15.0. The summed E-state index contributed by atoms with van der Waals surface area (Å²) in [7, 11) is 0. The lowest BCUT2D eigenvalue weighted by Crippen LogP contribution is -2.43. The smallest absolute Gasteiger partial charge is 0.0542 e. The zero-order valence-electron chi connectivity index (χ0n) is 13.9. The number of hydrogen-bond acceptors (Lipinski definition) is 2. The fraction of sp³-hybridized carbons (Fsp3) is 0.500. The van der Waals surface area contributed by atoms with Gasteiger partial charge in [0.2, 0.25) is 0 Å². The second-order valence-electron chi connectivity index (χ2n) is 7.41. The van der Waals surface area contributed by atoms with Crippen molar-refractivity contribution >= 4 is 0 Å². The Morgan fingerprint density at radius 2 is 2.18 bits per heavy atom. The summed E-state index contributed by atoms with van der Waals surface area (Å²) in [5, 5.41) is 7.33. The van der Waals surface area contributed by atoms with E-state index in [4.69, 9.17) is 0 Å². The largest absolute Gasteiger partial charge is 0.381 e. The van der Waals surface area contributed by atoms with Gasteiger partial charge in [-0.2, -0.15) is 0 Å². The zero-order valence-corrected chi connectivity index (χ0v) is 13.9. The molecule has 2 N–H and O–H groups in total. The summed E-state index contributed by atoms with van der Waals surface area (Å²) >= 11 is 0. The van der Waals surface area contributed by atoms with Crippen LogP contribution < -0.4 is 10.6 Å². The molecule has 2 nitrogen and oxygen atoms in total. The van der Waals surface area contributed by atoms with E-state index in [2.05, 4.69) is 50.1 Å². The molecule has 0 aromatic carbocycles. The molecule has 0 aromatic heterocycles. The van der Waals surface area contributed by atoms with Gasteiger partial charge in [-0.15, -0.1) is 0 Å². The molecule has 0 bridgehead atoms. The molecule has 2 unspecified atom stereocenters. The molecule has 2 heterocycles. The van der Waals surface area contributed by atoms with Gasteiger partial charge < -0.3 is 10.6 Å². The molecule has 116 valence electrons. The first-order valence-corrected chi connectivity index (χ1v) is 8.59. The van der Waals surface area contributed by atoms with Gasteiger partial charge in [-0.05, 0) is 54.9 Å². The molecule has 0 radical (unpaired) electrons. The van der Waals surface area contributed by atoms with Crippen molar-refractivity contribution in [2.45, 2.75) is 46.1 Å². The first kappa shape index (κ1) is 13.9. The van der Waals surface area contributed by atoms with Crippen molar-refractivity contribution in [3.05, 3.63) is 58.0 Å². The minimum atomic E-state index is 0.386. The van der Waals surface area contributed by atoms with E-state index < -0.39 is 0 Å². The van der Waals surface area contributed by atoms with Crippen LogP contribution in [0.1, 0.15) is 40.0 Å². The first-order chi connectivity index (χ1) is 10.6. The lowest BCUT2D eigenvalue weighted by Gasteiger charge is -2.41. The van der Waals surface area contributed by atoms with Crippen molar-refractivity contribution in [2.75, 3.05) is 6.54 Å². The maximum Gasteiger partial charge on any atom is 0.0542 e. The third-order valence-electron chi connectivity index (χ3n) is 5.67. The lowest BCUT2D eigenvalue weighted by atomic mass is 9.69. The Labute approximate surface area is 133 Å². The van der Waals surface area contributed by atoms with Crippen molar-refractivity contribution < 1.29 is 0 Å². The molecule has 22 heavy (non-hydrogen) atoms. The summed E-state index contributed by atoms with van der Waals surface area (Å²) in [6, 6.07) is 0.386. The Kier molecular flexibility index (Phi) is 3.11. The summed E-state index contributed by atoms with van der Waals surface area (Å²) in [5.41, 5.74) is 10.4. The molecular weight excluding hydrogens is 268 g/mol. The van der Waals surface area contributed by atoms with Gasteiger partial charge >= 0.3 is 0 Å². The maximum atomic E-state index is 4.41. The fourth-order valence-corrected chi connectivity index (χ4v) is 4.49. The third-order valence-corrected chi connectivity index (χ3v) is 5.67. The van der Waals surface area contributed by atoms with Crippen molar-refractivity contribution in [1.82, 2.24) is 10.6 Å². The van der Waals surface area contributed by atoms with E-state index in [1.807, 2.05) is 0 Å². The fourth-order valence-electron chi connectivity index (χ4n) is 4.49. The van der Waals surface area contributed by atoms with Gasteiger partial charge in [-0.25, -0.2) is 0 Å². The van der Waals surface area contributed by atoms with E-state index in [1.165, 1.54) is 36.2 Å². The second-order valence-corrected chi connectivity index (χ2v) is 7.41. The molecule has 0 saturated carbocycles. The maximum absolute atomic E-state index is 4.41. The van der Waals surface area contributed by atoms with Crippen LogP contribution in [0.4, 0.5) is 0 Å². The molecule has 0 saturated heterocycles. The van der Waals surface area contributed by atoms with Gasteiger partial charge in [-0.3, -0.25) is 0 Å². The van der Waals surface area contributed by atoms with E-state index in [-0.39, 0.29) is 0 Å². The number of allylic oxidation sites excluding steroid dienone is 4. The van der Waals surface area contributed by atoms with Crippen LogP contribution in [0.2, 0.25) is 0 Å². The molecule has 0 spiro atoms. The van der Waals surface area contributed by atoms with Crippen LogP contribution in [0.5, 0.6) is 0 Å². The normalized spacial score (nSPS) is 29.5. The Morgan fingerprint density at radius 1 is 1.36 bits per heavy atom. The lowest BCUT2D eigenvalue weighted by molar-refractivity contribution is 0.420. The molecule has 0 amide bonds. The monoisotopic (exact) mass is 294 g/mol. The van der Waals surface area contributed by atoms with Crippen LogP contribution in [-0.4, -0.2) is 12.6 Å². The van der Waals surface area contributed by atoms with Gasteiger partial charge in [0.05, 0.1) is 6.04 Å². The van der Waals surface area contributed by atoms with Crippen LogP contribution >= 0.6 is 0 Å². The first-order valence-electron chi connectivity index (χ1n) is 8.59. The number of hydrogen-bond donors (Lipinski definition) is 2. The van der Waals surface area contributed by atoms with Gasteiger partial charge in [0, 0.05) is 29.4 Å². The second kappa shape index (κ2) is 4.91. The van der Waals surface area contributed by atoms with Gasteiger partial charge in [0.1, 0.15) is 0 Å². The highest BCUT2D eigenvalue weighted by molar-refractivity contribution is 5.62. The highest BCUT2D eigenvalue weighted by Crippen LogP contribution is 2.48. The summed E-state index contributed by atoms with van der Waals surface area (Å²) in [6.45, 7) is 12.2. The van der Waals surface area contributed by atoms with Crippen molar-refractivity contribution in [1.29, 1.82) is 0 Å². The van der Waals surface area contributed by atoms with Crippen LogP contribution in [0.15, 0.2) is 58.0 Å². The van der Waals surface area contributed by atoms with Crippen LogP contribution in [-0.2, 0) is 0 Å². The van der Waals surface area contributed by atoms with E-state index in [9.17, 15) is 0 Å². The van der Waals surface area contributed by atoms with Crippen LogP contribution in [0, 0.1) is 11.8 Å². The minimum Gasteiger partial charge on any atom is -0.381 e. The summed E-state index contributed by atoms with van der Waals surface area (Å²) in [6.07, 6.45) is 8.32. The van der Waals surface area contributed by atoms with Crippen molar-refractivity contribution in [3.63, 3.8) is 0 Å². The molecule has 0 fully saturated rings. The topological polar surface area (TPSA) is 24.1 Å². The molecule has 2 atom stereocenters. The Bertz CT molecular complexity index is 670. The molecule has 0 aromatic rings. The molecule has 2 heteroatoms. The summed E-state index contributed by atoms with van der Waals surface area (Å²) in [5.74, 6) is 1.08. The number of nitrogens with one attached hydrogen (secondary N) is 2. The number of fused-ring (bicyclic) bond motifs is 1. The van der Waals surface area contributed by atoms with Gasteiger partial charge in [-0.1, -0.05) is 32.1 Å². The minimum absolute atomic E-state index is 0.386. The molecule has 2 aliphatic carbocycles. The van der Waals surface area contributed by atoms with E-state index in [1.54, 1.807) is 22.3 Å². The SMILES string of the molecule is C=C(C(C)C)C1NC(C)=CC2=C3CCC=C4NCC(=C43)CC21. The third kappa shape index (κ3) is 1.93. The quantitative estimate of drug-likeness (QED) is 0.753. The highest BCUT2D eigenvalue weighted by Gasteiger charge is 2.39. The van der Waals surface area contributed by atoms with Crippen LogP contribution in [0.25, 0.3) is 0 Å². The Morgan fingerprint density at radius 3 is 2.95 bits per heavy atom. The van der Waals surface area contributed by atoms with Crippen molar-refractivity contribution in [2.24, 2.45) is 11.8 Å². The predicted octanol–water partition coefficient (Wildman–Crippen LogP) is 3.97. The number of rotatable bonds is 2. The summed E-state index contributed by atoms with van der Waals surface area (Å²) < 4.78 is 0. The van der Waals surface area contributed by atoms with Gasteiger partial charge in [0.25, 0.3) is 0 Å². The van der Waals surface area contributed by atoms with Gasteiger partial charge in [0.15, 0.2) is 0 Å². The van der Waals surface area contributed by atoms with E-state index >= 15 is 0 Å². The average Bonchev–Trinajstić information content (AvgIpc) is 2.91.